The molecule has 106 valence electrons. The number of carboxylic acids is 1. The van der Waals surface area contributed by atoms with Crippen LogP contribution in [0.1, 0.15) is 41.5 Å². The van der Waals surface area contributed by atoms with Crippen LogP contribution in [0.25, 0.3) is 0 Å². The van der Waals surface area contributed by atoms with E-state index in [4.69, 9.17) is 4.74 Å². The highest BCUT2D eigenvalue weighted by atomic mass is 16.6. The number of rotatable bonds is 4. The van der Waals surface area contributed by atoms with Gasteiger partial charge >= 0.3 is 11.9 Å². The van der Waals surface area contributed by atoms with Gasteiger partial charge in [0.1, 0.15) is 5.60 Å². The van der Waals surface area contributed by atoms with Crippen molar-refractivity contribution in [2.75, 3.05) is 7.05 Å². The van der Waals surface area contributed by atoms with Crippen molar-refractivity contribution in [3.05, 3.63) is 0 Å². The van der Waals surface area contributed by atoms with Crippen molar-refractivity contribution in [3.63, 3.8) is 0 Å². The number of nitrogens with one attached hydrogen (secondary N) is 1. The summed E-state index contributed by atoms with van der Waals surface area (Å²) in [7, 11) is 1.65. The number of aliphatic carboxylic acids is 1. The first-order valence-corrected chi connectivity index (χ1v) is 6.03. The third kappa shape index (κ3) is 5.04. The van der Waals surface area contributed by atoms with Gasteiger partial charge in [-0.3, -0.25) is 9.59 Å². The van der Waals surface area contributed by atoms with Crippen LogP contribution in [0.4, 0.5) is 0 Å². The molecule has 0 heterocycles. The van der Waals surface area contributed by atoms with Crippen molar-refractivity contribution < 1.29 is 19.4 Å². The van der Waals surface area contributed by atoms with Crippen LogP contribution < -0.4 is 5.32 Å². The van der Waals surface area contributed by atoms with Crippen LogP contribution in [-0.4, -0.2) is 35.7 Å². The first-order chi connectivity index (χ1) is 7.90. The molecule has 0 rings (SSSR count). The van der Waals surface area contributed by atoms with Crippen LogP contribution in [0.3, 0.4) is 0 Å². The highest BCUT2D eigenvalue weighted by Crippen LogP contribution is 2.27. The topological polar surface area (TPSA) is 75.6 Å². The number of carbonyl (C=O) groups excluding carboxylic acids is 1. The Kier molecular flexibility index (Phi) is 5.35. The second-order valence-corrected chi connectivity index (χ2v) is 6.48. The van der Waals surface area contributed by atoms with Crippen LogP contribution in [0.5, 0.6) is 0 Å². The number of carboxylic acid groups (broad SMARTS) is 1. The lowest BCUT2D eigenvalue weighted by Crippen LogP contribution is -2.51. The van der Waals surface area contributed by atoms with Crippen LogP contribution in [-0.2, 0) is 14.3 Å². The van der Waals surface area contributed by atoms with Gasteiger partial charge in [0.25, 0.3) is 0 Å². The molecule has 2 N–H and O–H groups in total. The summed E-state index contributed by atoms with van der Waals surface area (Å²) in [5, 5.41) is 12.2. The Balaban J connectivity index is 5.19. The minimum Gasteiger partial charge on any atom is -0.481 e. The highest BCUT2D eigenvalue weighted by molar-refractivity contribution is 5.95. The summed E-state index contributed by atoms with van der Waals surface area (Å²) in [6.07, 6.45) is 0. The predicted molar refractivity (Wildman–Crippen MR) is 69.3 cm³/mol. The summed E-state index contributed by atoms with van der Waals surface area (Å²) >= 11 is 0. The molecule has 2 atom stereocenters. The number of carbonyl (C=O) groups is 2. The van der Waals surface area contributed by atoms with E-state index in [0.29, 0.717) is 0 Å². The highest BCUT2D eigenvalue weighted by Gasteiger charge is 2.42. The Hall–Kier alpha value is -1.10. The van der Waals surface area contributed by atoms with Gasteiger partial charge in [0, 0.05) is 6.04 Å². The van der Waals surface area contributed by atoms with E-state index in [-0.39, 0.29) is 5.41 Å². The Bertz CT molecular complexity index is 312. The maximum atomic E-state index is 12.0. The standard InChI is InChI=1S/C13H25NO4/c1-12(2,3)9(14-7)8(10(15)16)11(17)18-13(4,5)6/h8-9,14H,1-7H3,(H,15,16)/t8?,9-/m0/s1. The van der Waals surface area contributed by atoms with E-state index >= 15 is 0 Å². The third-order valence-electron chi connectivity index (χ3n) is 2.50. The molecule has 0 aliphatic heterocycles. The molecule has 0 spiro atoms. The lowest BCUT2D eigenvalue weighted by Gasteiger charge is -2.34. The van der Waals surface area contributed by atoms with Gasteiger partial charge in [-0.05, 0) is 33.2 Å². The molecular weight excluding hydrogens is 234 g/mol. The number of hydrogen-bond donors (Lipinski definition) is 2. The fourth-order valence-electron chi connectivity index (χ4n) is 1.84. The van der Waals surface area contributed by atoms with Crippen molar-refractivity contribution in [3.8, 4) is 0 Å². The largest absolute Gasteiger partial charge is 0.481 e. The summed E-state index contributed by atoms with van der Waals surface area (Å²) < 4.78 is 5.18. The molecule has 0 aliphatic rings. The monoisotopic (exact) mass is 259 g/mol. The van der Waals surface area contributed by atoms with Crippen molar-refractivity contribution >= 4 is 11.9 Å². The number of esters is 1. The summed E-state index contributed by atoms with van der Waals surface area (Å²) in [5.41, 5.74) is -1.06. The molecule has 18 heavy (non-hydrogen) atoms. The Morgan fingerprint density at radius 2 is 1.56 bits per heavy atom. The second-order valence-electron chi connectivity index (χ2n) is 6.48. The molecule has 0 aromatic rings. The summed E-state index contributed by atoms with van der Waals surface area (Å²) in [5.74, 6) is -3.09. The van der Waals surface area contributed by atoms with Gasteiger partial charge in [-0.25, -0.2) is 0 Å². The van der Waals surface area contributed by atoms with Crippen molar-refractivity contribution in [1.29, 1.82) is 0 Å². The van der Waals surface area contributed by atoms with E-state index < -0.39 is 29.5 Å². The van der Waals surface area contributed by atoms with E-state index in [1.165, 1.54) is 0 Å². The van der Waals surface area contributed by atoms with Crippen LogP contribution >= 0.6 is 0 Å². The van der Waals surface area contributed by atoms with Crippen LogP contribution in [0, 0.1) is 11.3 Å². The Morgan fingerprint density at radius 1 is 1.11 bits per heavy atom. The second kappa shape index (κ2) is 5.69. The van der Waals surface area contributed by atoms with E-state index in [1.807, 2.05) is 20.8 Å². The van der Waals surface area contributed by atoms with Gasteiger partial charge in [-0.1, -0.05) is 20.8 Å². The Morgan fingerprint density at radius 3 is 1.78 bits per heavy atom. The van der Waals surface area contributed by atoms with E-state index in [9.17, 15) is 14.7 Å². The fraction of sp³-hybridized carbons (Fsp3) is 0.846. The average molecular weight is 259 g/mol. The molecule has 0 fully saturated rings. The molecule has 0 aromatic heterocycles. The summed E-state index contributed by atoms with van der Waals surface area (Å²) in [6.45, 7) is 10.8. The Labute approximate surface area is 109 Å². The normalized spacial score (nSPS) is 15.9. The molecule has 1 unspecified atom stereocenters. The van der Waals surface area contributed by atoms with Crippen LogP contribution in [0.15, 0.2) is 0 Å². The zero-order valence-electron chi connectivity index (χ0n) is 12.3. The van der Waals surface area contributed by atoms with Crippen LogP contribution in [0.2, 0.25) is 0 Å². The smallest absolute Gasteiger partial charge is 0.322 e. The fourth-order valence-corrected chi connectivity index (χ4v) is 1.84. The summed E-state index contributed by atoms with van der Waals surface area (Å²) in [6, 6.07) is -0.496. The molecule has 0 aliphatic carbocycles. The van der Waals surface area contributed by atoms with Gasteiger partial charge in [0.15, 0.2) is 5.92 Å². The SMILES string of the molecule is CN[C@@H](C(C(=O)O)C(=O)OC(C)(C)C)C(C)(C)C. The molecule has 0 aromatic carbocycles. The molecule has 0 bridgehead atoms. The lowest BCUT2D eigenvalue weighted by molar-refractivity contribution is -0.169. The van der Waals surface area contributed by atoms with E-state index in [2.05, 4.69) is 5.32 Å². The number of hydrogen-bond acceptors (Lipinski definition) is 4. The molecule has 5 heteroatoms. The molecular formula is C13H25NO4. The molecule has 0 radical (unpaired) electrons. The molecule has 0 saturated carbocycles. The maximum Gasteiger partial charge on any atom is 0.322 e. The third-order valence-corrected chi connectivity index (χ3v) is 2.50. The maximum absolute atomic E-state index is 12.0. The van der Waals surface area contributed by atoms with Gasteiger partial charge < -0.3 is 15.2 Å². The predicted octanol–water partition coefficient (Wildman–Crippen LogP) is 1.66. The minimum atomic E-state index is -1.21. The van der Waals surface area contributed by atoms with Crippen molar-refractivity contribution in [2.45, 2.75) is 53.2 Å². The number of ether oxygens (including phenoxy) is 1. The summed E-state index contributed by atoms with van der Waals surface area (Å²) in [4.78, 5) is 23.3. The molecule has 0 saturated heterocycles. The molecule has 5 nitrogen and oxygen atoms in total. The lowest BCUT2D eigenvalue weighted by atomic mass is 9.79. The van der Waals surface area contributed by atoms with Crippen molar-refractivity contribution in [2.24, 2.45) is 11.3 Å². The average Bonchev–Trinajstić information content (AvgIpc) is 2.07. The quantitative estimate of drug-likeness (QED) is 0.593. The molecule has 0 amide bonds. The zero-order chi connectivity index (χ0) is 14.7. The van der Waals surface area contributed by atoms with Gasteiger partial charge in [0.05, 0.1) is 0 Å². The van der Waals surface area contributed by atoms with Gasteiger partial charge in [-0.2, -0.15) is 0 Å². The minimum absolute atomic E-state index is 0.366. The van der Waals surface area contributed by atoms with E-state index in [1.54, 1.807) is 27.8 Å². The first-order valence-electron chi connectivity index (χ1n) is 6.03. The van der Waals surface area contributed by atoms with Gasteiger partial charge in [-0.15, -0.1) is 0 Å². The van der Waals surface area contributed by atoms with Crippen molar-refractivity contribution in [1.82, 2.24) is 5.32 Å². The zero-order valence-corrected chi connectivity index (χ0v) is 12.3. The van der Waals surface area contributed by atoms with Gasteiger partial charge in [0.2, 0.25) is 0 Å². The van der Waals surface area contributed by atoms with E-state index in [0.717, 1.165) is 0 Å². The first kappa shape index (κ1) is 16.9.